The summed E-state index contributed by atoms with van der Waals surface area (Å²) in [6.45, 7) is 1.94. The van der Waals surface area contributed by atoms with Crippen molar-refractivity contribution in [1.29, 1.82) is 0 Å². The second kappa shape index (κ2) is 8.16. The monoisotopic (exact) mass is 413 g/mol. The van der Waals surface area contributed by atoms with Crippen molar-refractivity contribution in [3.63, 3.8) is 0 Å². The van der Waals surface area contributed by atoms with Crippen molar-refractivity contribution in [2.75, 3.05) is 4.90 Å². The molecule has 7 heteroatoms. The second-order valence-corrected chi connectivity index (χ2v) is 7.03. The van der Waals surface area contributed by atoms with Gasteiger partial charge in [-0.2, -0.15) is 0 Å². The molecule has 1 aliphatic heterocycles. The maximum Gasteiger partial charge on any atom is 0.335 e. The largest absolute Gasteiger partial charge is 0.478 e. The molecule has 154 valence electrons. The number of aromatic carboxylic acids is 1. The van der Waals surface area contributed by atoms with Crippen LogP contribution in [0, 0.1) is 6.92 Å². The zero-order valence-corrected chi connectivity index (χ0v) is 16.6. The highest BCUT2D eigenvalue weighted by molar-refractivity contribution is 6.34. The summed E-state index contributed by atoms with van der Waals surface area (Å²) >= 11 is 0. The average molecular weight is 413 g/mol. The lowest BCUT2D eigenvalue weighted by Crippen LogP contribution is -2.34. The van der Waals surface area contributed by atoms with E-state index in [9.17, 15) is 14.4 Å². The van der Waals surface area contributed by atoms with Crippen LogP contribution in [0.4, 0.5) is 11.4 Å². The van der Waals surface area contributed by atoms with E-state index in [1.165, 1.54) is 23.2 Å². The SMILES string of the molecule is Cc1ccc(C(=O)NNC=C2C(=O)N(c3ccc(C(=O)O)cc3)c3ccccc32)cc1. The van der Waals surface area contributed by atoms with Crippen molar-refractivity contribution in [2.45, 2.75) is 6.92 Å². The van der Waals surface area contributed by atoms with Gasteiger partial charge in [-0.15, -0.1) is 0 Å². The first-order valence-corrected chi connectivity index (χ1v) is 9.55. The average Bonchev–Trinajstić information content (AvgIpc) is 3.05. The highest BCUT2D eigenvalue weighted by Gasteiger charge is 2.33. The van der Waals surface area contributed by atoms with Gasteiger partial charge in [-0.1, -0.05) is 35.9 Å². The smallest absolute Gasteiger partial charge is 0.335 e. The van der Waals surface area contributed by atoms with Gasteiger partial charge in [-0.25, -0.2) is 4.79 Å². The van der Waals surface area contributed by atoms with Crippen molar-refractivity contribution in [1.82, 2.24) is 10.9 Å². The van der Waals surface area contributed by atoms with Crippen LogP contribution in [0.3, 0.4) is 0 Å². The number of hydrogen-bond acceptors (Lipinski definition) is 4. The first-order valence-electron chi connectivity index (χ1n) is 9.55. The number of carbonyl (C=O) groups is 3. The molecular weight excluding hydrogens is 394 g/mol. The van der Waals surface area contributed by atoms with Gasteiger partial charge in [0.1, 0.15) is 0 Å². The van der Waals surface area contributed by atoms with Gasteiger partial charge in [-0.05, 0) is 49.4 Å². The molecule has 0 radical (unpaired) electrons. The van der Waals surface area contributed by atoms with Crippen LogP contribution in [0.25, 0.3) is 5.57 Å². The predicted molar refractivity (Wildman–Crippen MR) is 117 cm³/mol. The normalized spacial score (nSPS) is 13.8. The Balaban J connectivity index is 1.57. The van der Waals surface area contributed by atoms with Gasteiger partial charge in [0.2, 0.25) is 0 Å². The van der Waals surface area contributed by atoms with E-state index in [0.29, 0.717) is 28.1 Å². The van der Waals surface area contributed by atoms with Gasteiger partial charge in [-0.3, -0.25) is 19.9 Å². The summed E-state index contributed by atoms with van der Waals surface area (Å²) in [5.74, 6) is -1.65. The number of hydrogen-bond donors (Lipinski definition) is 3. The molecule has 0 saturated carbocycles. The van der Waals surface area contributed by atoms with E-state index in [4.69, 9.17) is 5.11 Å². The molecule has 1 heterocycles. The third-order valence-electron chi connectivity index (χ3n) is 4.96. The Kier molecular flexibility index (Phi) is 5.24. The van der Waals surface area contributed by atoms with Gasteiger partial charge in [0.05, 0.1) is 16.8 Å². The zero-order chi connectivity index (χ0) is 22.0. The van der Waals surface area contributed by atoms with Crippen molar-refractivity contribution in [3.8, 4) is 0 Å². The number of nitrogens with one attached hydrogen (secondary N) is 2. The third-order valence-corrected chi connectivity index (χ3v) is 4.96. The number of nitrogens with zero attached hydrogens (tertiary/aromatic N) is 1. The van der Waals surface area contributed by atoms with Gasteiger partial charge in [0.15, 0.2) is 0 Å². The number of amides is 2. The minimum absolute atomic E-state index is 0.139. The zero-order valence-electron chi connectivity index (χ0n) is 16.6. The number of carbonyl (C=O) groups excluding carboxylic acids is 2. The molecule has 0 aromatic heterocycles. The van der Waals surface area contributed by atoms with Crippen LogP contribution in [0.15, 0.2) is 79.0 Å². The fourth-order valence-corrected chi connectivity index (χ4v) is 3.34. The first kappa shape index (κ1) is 19.9. The van der Waals surface area contributed by atoms with Crippen LogP contribution in [0.2, 0.25) is 0 Å². The highest BCUT2D eigenvalue weighted by atomic mass is 16.4. The van der Waals surface area contributed by atoms with E-state index in [2.05, 4.69) is 10.9 Å². The Morgan fingerprint density at radius 2 is 1.55 bits per heavy atom. The second-order valence-electron chi connectivity index (χ2n) is 7.03. The van der Waals surface area contributed by atoms with E-state index in [0.717, 1.165) is 5.56 Å². The summed E-state index contributed by atoms with van der Waals surface area (Å²) in [7, 11) is 0. The number of anilines is 2. The molecule has 0 unspecified atom stereocenters. The summed E-state index contributed by atoms with van der Waals surface area (Å²) in [6, 6.07) is 20.5. The molecule has 0 spiro atoms. The number of aryl methyl sites for hydroxylation is 1. The predicted octanol–water partition coefficient (Wildman–Crippen LogP) is 3.65. The molecule has 2 amide bonds. The van der Waals surface area contributed by atoms with Crippen LogP contribution in [0.1, 0.15) is 31.8 Å². The number of carboxylic acids is 1. The van der Waals surface area contributed by atoms with Crippen molar-refractivity contribution >= 4 is 34.7 Å². The van der Waals surface area contributed by atoms with Gasteiger partial charge in [0, 0.05) is 23.0 Å². The molecule has 3 aromatic rings. The molecule has 3 aromatic carbocycles. The minimum Gasteiger partial charge on any atom is -0.478 e. The lowest BCUT2D eigenvalue weighted by atomic mass is 10.1. The standard InChI is InChI=1S/C24H19N3O4/c1-15-6-8-16(9-7-15)22(28)26-25-14-20-19-4-2-3-5-21(19)27(23(20)29)18-12-10-17(11-13-18)24(30)31/h2-14,25H,1H3,(H,26,28)(H,30,31). The molecular formula is C24H19N3O4. The molecule has 4 rings (SSSR count). The van der Waals surface area contributed by atoms with E-state index < -0.39 is 5.97 Å². The van der Waals surface area contributed by atoms with Crippen LogP contribution in [0.5, 0.6) is 0 Å². The summed E-state index contributed by atoms with van der Waals surface area (Å²) in [4.78, 5) is 38.1. The number of fused-ring (bicyclic) bond motifs is 1. The Bertz CT molecular complexity index is 1200. The Morgan fingerprint density at radius 1 is 0.903 bits per heavy atom. The number of para-hydroxylation sites is 1. The molecule has 3 N–H and O–H groups in total. The minimum atomic E-state index is -1.03. The number of hydrazine groups is 1. The van der Waals surface area contributed by atoms with Gasteiger partial charge in [0.25, 0.3) is 11.8 Å². The molecule has 7 nitrogen and oxygen atoms in total. The number of benzene rings is 3. The lowest BCUT2D eigenvalue weighted by Gasteiger charge is -2.17. The van der Waals surface area contributed by atoms with E-state index in [1.54, 1.807) is 24.3 Å². The van der Waals surface area contributed by atoms with Crippen LogP contribution < -0.4 is 15.8 Å². The van der Waals surface area contributed by atoms with E-state index >= 15 is 0 Å². The Hall–Kier alpha value is -4.39. The van der Waals surface area contributed by atoms with E-state index in [-0.39, 0.29) is 17.4 Å². The Morgan fingerprint density at radius 3 is 2.23 bits per heavy atom. The number of rotatable bonds is 5. The fourth-order valence-electron chi connectivity index (χ4n) is 3.34. The van der Waals surface area contributed by atoms with Crippen LogP contribution in [-0.2, 0) is 4.79 Å². The fraction of sp³-hybridized carbons (Fsp3) is 0.0417. The maximum atomic E-state index is 13.2. The Labute approximate surface area is 178 Å². The number of carboxylic acid groups (broad SMARTS) is 1. The summed E-state index contributed by atoms with van der Waals surface area (Å²) in [5.41, 5.74) is 9.28. The van der Waals surface area contributed by atoms with Crippen molar-refractivity contribution in [3.05, 3.63) is 101 Å². The highest BCUT2D eigenvalue weighted by Crippen LogP contribution is 2.40. The van der Waals surface area contributed by atoms with E-state index in [1.807, 2.05) is 43.3 Å². The third kappa shape index (κ3) is 3.89. The molecule has 1 aliphatic rings. The van der Waals surface area contributed by atoms with Crippen LogP contribution in [-0.4, -0.2) is 22.9 Å². The molecule has 0 fully saturated rings. The summed E-state index contributed by atoms with van der Waals surface area (Å²) in [6.07, 6.45) is 1.46. The lowest BCUT2D eigenvalue weighted by molar-refractivity contribution is -0.112. The topological polar surface area (TPSA) is 98.7 Å². The molecule has 0 atom stereocenters. The molecule has 31 heavy (non-hydrogen) atoms. The maximum absolute atomic E-state index is 13.2. The molecule has 0 aliphatic carbocycles. The van der Waals surface area contributed by atoms with Crippen molar-refractivity contribution < 1.29 is 19.5 Å². The van der Waals surface area contributed by atoms with Gasteiger partial charge < -0.3 is 10.5 Å². The summed E-state index contributed by atoms with van der Waals surface area (Å²) in [5, 5.41) is 9.10. The summed E-state index contributed by atoms with van der Waals surface area (Å²) < 4.78 is 0. The molecule has 0 saturated heterocycles. The van der Waals surface area contributed by atoms with Gasteiger partial charge >= 0.3 is 5.97 Å². The molecule has 0 bridgehead atoms. The van der Waals surface area contributed by atoms with Crippen molar-refractivity contribution in [2.24, 2.45) is 0 Å². The van der Waals surface area contributed by atoms with Crippen LogP contribution >= 0.6 is 0 Å². The quantitative estimate of drug-likeness (QED) is 0.438. The first-order chi connectivity index (χ1) is 15.0.